The van der Waals surface area contributed by atoms with Crippen LogP contribution in [0.15, 0.2) is 23.3 Å². The third-order valence-corrected chi connectivity index (χ3v) is 2.19. The molecule has 0 heterocycles. The van der Waals surface area contributed by atoms with Crippen LogP contribution in [0.2, 0.25) is 5.02 Å². The van der Waals surface area contributed by atoms with Crippen molar-refractivity contribution < 1.29 is 14.3 Å². The summed E-state index contributed by atoms with van der Waals surface area (Å²) >= 11 is 5.93. The molecule has 96 valence electrons. The van der Waals surface area contributed by atoms with Gasteiger partial charge in [0.05, 0.1) is 23.4 Å². The van der Waals surface area contributed by atoms with E-state index >= 15 is 0 Å². The second-order valence-corrected chi connectivity index (χ2v) is 3.60. The van der Waals surface area contributed by atoms with E-state index in [1.165, 1.54) is 18.3 Å². The van der Waals surface area contributed by atoms with E-state index in [0.717, 1.165) is 0 Å². The maximum absolute atomic E-state index is 11.5. The molecule has 3 N–H and O–H groups in total. The van der Waals surface area contributed by atoms with E-state index in [0.29, 0.717) is 5.56 Å². The molecule has 1 aromatic carbocycles. The molecule has 0 aliphatic carbocycles. The Balaban J connectivity index is 2.82. The molecule has 0 aliphatic heterocycles. The summed E-state index contributed by atoms with van der Waals surface area (Å²) < 4.78 is 4.83. The van der Waals surface area contributed by atoms with Crippen molar-refractivity contribution in [1.82, 2.24) is 5.43 Å². The number of nitrogens with one attached hydrogen (secondary N) is 1. The van der Waals surface area contributed by atoms with Crippen LogP contribution in [0, 0.1) is 0 Å². The predicted molar refractivity (Wildman–Crippen MR) is 67.7 cm³/mol. The molecular formula is C11H12ClN3O3. The van der Waals surface area contributed by atoms with Crippen molar-refractivity contribution >= 4 is 29.8 Å². The first-order chi connectivity index (χ1) is 8.54. The molecule has 18 heavy (non-hydrogen) atoms. The fourth-order valence-electron chi connectivity index (χ4n) is 1.16. The molecule has 7 heteroatoms. The number of ether oxygens (including phenoxy) is 1. The van der Waals surface area contributed by atoms with Gasteiger partial charge in [0.15, 0.2) is 0 Å². The van der Waals surface area contributed by atoms with Crippen LogP contribution < -0.4 is 11.2 Å². The van der Waals surface area contributed by atoms with Crippen molar-refractivity contribution in [2.45, 2.75) is 6.92 Å². The first-order valence-corrected chi connectivity index (χ1v) is 5.47. The summed E-state index contributed by atoms with van der Waals surface area (Å²) in [7, 11) is 0. The van der Waals surface area contributed by atoms with Crippen LogP contribution in [-0.4, -0.2) is 24.8 Å². The van der Waals surface area contributed by atoms with Crippen LogP contribution in [0.5, 0.6) is 0 Å². The van der Waals surface area contributed by atoms with Crippen LogP contribution >= 0.6 is 11.6 Å². The summed E-state index contributed by atoms with van der Waals surface area (Å²) in [4.78, 5) is 21.8. The van der Waals surface area contributed by atoms with Crippen LogP contribution in [0.4, 0.5) is 4.79 Å². The Morgan fingerprint density at radius 1 is 1.56 bits per heavy atom. The van der Waals surface area contributed by atoms with Crippen LogP contribution in [0.3, 0.4) is 0 Å². The van der Waals surface area contributed by atoms with Crippen molar-refractivity contribution in [3.8, 4) is 0 Å². The number of rotatable bonds is 4. The van der Waals surface area contributed by atoms with Gasteiger partial charge >= 0.3 is 12.0 Å². The average Bonchev–Trinajstić information content (AvgIpc) is 2.28. The van der Waals surface area contributed by atoms with Gasteiger partial charge in [0.2, 0.25) is 0 Å². The SMILES string of the molecule is CCOC(=O)c1ccc(C=NNC(N)=O)cc1Cl. The second kappa shape index (κ2) is 6.61. The molecule has 1 rings (SSSR count). The fourth-order valence-corrected chi connectivity index (χ4v) is 1.42. The number of esters is 1. The highest BCUT2D eigenvalue weighted by Gasteiger charge is 2.11. The number of hydrogen-bond donors (Lipinski definition) is 2. The summed E-state index contributed by atoms with van der Waals surface area (Å²) in [6.45, 7) is 1.99. The molecule has 0 atom stereocenters. The maximum atomic E-state index is 11.5. The van der Waals surface area contributed by atoms with Gasteiger partial charge in [-0.05, 0) is 24.6 Å². The lowest BCUT2D eigenvalue weighted by molar-refractivity contribution is 0.0526. The summed E-state index contributed by atoms with van der Waals surface area (Å²) in [5.41, 5.74) is 7.77. The first-order valence-electron chi connectivity index (χ1n) is 5.09. The van der Waals surface area contributed by atoms with Gasteiger partial charge in [-0.3, -0.25) is 0 Å². The molecule has 0 radical (unpaired) electrons. The molecular weight excluding hydrogens is 258 g/mol. The van der Waals surface area contributed by atoms with Gasteiger partial charge in [-0.1, -0.05) is 17.7 Å². The van der Waals surface area contributed by atoms with Crippen LogP contribution in [0.25, 0.3) is 0 Å². The van der Waals surface area contributed by atoms with Gasteiger partial charge in [0.25, 0.3) is 0 Å². The molecule has 0 fully saturated rings. The topological polar surface area (TPSA) is 93.8 Å². The van der Waals surface area contributed by atoms with E-state index < -0.39 is 12.0 Å². The van der Waals surface area contributed by atoms with Crippen molar-refractivity contribution in [3.05, 3.63) is 34.3 Å². The molecule has 0 saturated heterocycles. The number of benzene rings is 1. The number of hydrazone groups is 1. The fraction of sp³-hybridized carbons (Fsp3) is 0.182. The number of amides is 2. The lowest BCUT2D eigenvalue weighted by atomic mass is 10.1. The summed E-state index contributed by atoms with van der Waals surface area (Å²) in [6.07, 6.45) is 1.35. The Bertz CT molecular complexity index is 488. The van der Waals surface area contributed by atoms with Crippen molar-refractivity contribution in [2.75, 3.05) is 6.61 Å². The third-order valence-electron chi connectivity index (χ3n) is 1.88. The van der Waals surface area contributed by atoms with E-state index in [9.17, 15) is 9.59 Å². The van der Waals surface area contributed by atoms with E-state index in [2.05, 4.69) is 5.10 Å². The Hall–Kier alpha value is -2.08. The normalized spacial score (nSPS) is 10.3. The highest BCUT2D eigenvalue weighted by molar-refractivity contribution is 6.33. The standard InChI is InChI=1S/C11H12ClN3O3/c1-2-18-10(16)8-4-3-7(5-9(8)12)6-14-15-11(13)17/h3-6H,2H2,1H3,(H3,13,15,17). The Morgan fingerprint density at radius 2 is 2.28 bits per heavy atom. The smallest absolute Gasteiger partial charge is 0.339 e. The first kappa shape index (κ1) is 14.0. The number of nitrogens with two attached hydrogens (primary N) is 1. The zero-order chi connectivity index (χ0) is 13.5. The monoisotopic (exact) mass is 269 g/mol. The molecule has 6 nitrogen and oxygen atoms in total. The predicted octanol–water partition coefficient (Wildman–Crippen LogP) is 1.52. The highest BCUT2D eigenvalue weighted by atomic mass is 35.5. The van der Waals surface area contributed by atoms with E-state index in [1.807, 2.05) is 5.43 Å². The minimum atomic E-state index is -0.763. The molecule has 0 spiro atoms. The lowest BCUT2D eigenvalue weighted by Crippen LogP contribution is -2.24. The van der Waals surface area contributed by atoms with Crippen molar-refractivity contribution in [3.63, 3.8) is 0 Å². The number of carbonyl (C=O) groups excluding carboxylic acids is 2. The summed E-state index contributed by atoms with van der Waals surface area (Å²) in [5, 5.41) is 3.82. The van der Waals surface area contributed by atoms with Gasteiger partial charge in [0, 0.05) is 0 Å². The number of urea groups is 1. The number of hydrogen-bond acceptors (Lipinski definition) is 4. The zero-order valence-electron chi connectivity index (χ0n) is 9.64. The van der Waals surface area contributed by atoms with Crippen LogP contribution in [0.1, 0.15) is 22.8 Å². The largest absolute Gasteiger partial charge is 0.462 e. The minimum absolute atomic E-state index is 0.247. The number of carbonyl (C=O) groups is 2. The number of primary amides is 1. The molecule has 0 saturated carbocycles. The molecule has 1 aromatic rings. The molecule has 2 amide bonds. The number of nitrogens with zero attached hydrogens (tertiary/aromatic N) is 1. The Labute approximate surface area is 109 Å². The number of halogens is 1. The highest BCUT2D eigenvalue weighted by Crippen LogP contribution is 2.18. The Morgan fingerprint density at radius 3 is 2.83 bits per heavy atom. The maximum Gasteiger partial charge on any atom is 0.339 e. The van der Waals surface area contributed by atoms with Crippen molar-refractivity contribution in [1.29, 1.82) is 0 Å². The molecule has 0 unspecified atom stereocenters. The van der Waals surface area contributed by atoms with Crippen molar-refractivity contribution in [2.24, 2.45) is 10.8 Å². The van der Waals surface area contributed by atoms with Gasteiger partial charge < -0.3 is 10.5 Å². The van der Waals surface area contributed by atoms with Gasteiger partial charge in [-0.15, -0.1) is 0 Å². The van der Waals surface area contributed by atoms with E-state index in [1.54, 1.807) is 13.0 Å². The van der Waals surface area contributed by atoms with E-state index in [-0.39, 0.29) is 17.2 Å². The second-order valence-electron chi connectivity index (χ2n) is 3.19. The summed E-state index contributed by atoms with van der Waals surface area (Å²) in [6, 6.07) is 3.90. The lowest BCUT2D eigenvalue weighted by Gasteiger charge is -2.04. The van der Waals surface area contributed by atoms with Crippen LogP contribution in [-0.2, 0) is 4.74 Å². The molecule has 0 aromatic heterocycles. The van der Waals surface area contributed by atoms with Gasteiger partial charge in [-0.25, -0.2) is 15.0 Å². The van der Waals surface area contributed by atoms with Gasteiger partial charge in [0.1, 0.15) is 0 Å². The average molecular weight is 270 g/mol. The quantitative estimate of drug-likeness (QED) is 0.493. The van der Waals surface area contributed by atoms with E-state index in [4.69, 9.17) is 22.1 Å². The third kappa shape index (κ3) is 4.06. The summed E-state index contributed by atoms with van der Waals surface area (Å²) in [5.74, 6) is -0.485. The zero-order valence-corrected chi connectivity index (χ0v) is 10.4. The minimum Gasteiger partial charge on any atom is -0.462 e. The Kier molecular flexibility index (Phi) is 5.13. The molecule has 0 bridgehead atoms. The molecule has 0 aliphatic rings. The van der Waals surface area contributed by atoms with Gasteiger partial charge in [-0.2, -0.15) is 5.10 Å².